The molecule has 11 nitrogen and oxygen atoms in total. The maximum Gasteiger partial charge on any atom is 0.326 e. The summed E-state index contributed by atoms with van der Waals surface area (Å²) in [7, 11) is 0. The molecule has 2 aromatic heterocycles. The van der Waals surface area contributed by atoms with E-state index in [9.17, 15) is 14.7 Å². The fourth-order valence-electron chi connectivity index (χ4n) is 7.32. The first-order valence-electron chi connectivity index (χ1n) is 19.5. The van der Waals surface area contributed by atoms with Gasteiger partial charge in [0.05, 0.1) is 21.8 Å². The number of nitrogens with one attached hydrogen (secondary N) is 1. The molecule has 0 bridgehead atoms. The molecule has 0 spiro atoms. The first kappa shape index (κ1) is 40.6. The molecule has 0 saturated heterocycles. The number of benzene rings is 4. The zero-order chi connectivity index (χ0) is 41.8. The number of aryl methyl sites for hydroxylation is 1. The SMILES string of the molecule is Cc1nccc(Oc2ccc(CC(NC(=O)[C@@H]3Cc4cc5c(cc4CN3Cc3ccccn3)O[C@@H](c3ccc(OCc4ccc(Cl)c(Cl)c4)cc3)CO5)C(=O)O)cc2)c1C. The minimum absolute atomic E-state index is 0.0899. The summed E-state index contributed by atoms with van der Waals surface area (Å²) in [5, 5.41) is 14.1. The van der Waals surface area contributed by atoms with Gasteiger partial charge in [-0.15, -0.1) is 0 Å². The number of pyridine rings is 2. The van der Waals surface area contributed by atoms with Gasteiger partial charge in [-0.1, -0.05) is 59.6 Å². The molecule has 60 heavy (non-hydrogen) atoms. The lowest BCUT2D eigenvalue weighted by atomic mass is 9.92. The number of amides is 1. The third-order valence-corrected chi connectivity index (χ3v) is 11.5. The van der Waals surface area contributed by atoms with Gasteiger partial charge in [0.1, 0.15) is 36.5 Å². The molecule has 2 aliphatic rings. The molecule has 0 fully saturated rings. The number of aromatic nitrogens is 2. The number of carboxylic acid groups (broad SMARTS) is 1. The van der Waals surface area contributed by atoms with Crippen LogP contribution in [0, 0.1) is 13.8 Å². The van der Waals surface area contributed by atoms with Crippen LogP contribution in [0.1, 0.15) is 50.9 Å². The summed E-state index contributed by atoms with van der Waals surface area (Å²) in [6.45, 7) is 5.29. The van der Waals surface area contributed by atoms with Crippen LogP contribution in [0.3, 0.4) is 0 Å². The molecule has 4 aromatic carbocycles. The van der Waals surface area contributed by atoms with E-state index < -0.39 is 18.1 Å². The molecule has 2 N–H and O–H groups in total. The number of halogens is 2. The van der Waals surface area contributed by atoms with E-state index in [2.05, 4.69) is 15.3 Å². The molecule has 3 atom stereocenters. The lowest BCUT2D eigenvalue weighted by Crippen LogP contribution is -2.54. The molecule has 2 aliphatic heterocycles. The summed E-state index contributed by atoms with van der Waals surface area (Å²) in [6.07, 6.45) is 3.49. The largest absolute Gasteiger partial charge is 0.489 e. The smallest absolute Gasteiger partial charge is 0.326 e. The Morgan fingerprint density at radius 2 is 1.63 bits per heavy atom. The van der Waals surface area contributed by atoms with Crippen LogP contribution < -0.4 is 24.3 Å². The molecule has 8 rings (SSSR count). The van der Waals surface area contributed by atoms with Gasteiger partial charge in [-0.2, -0.15) is 0 Å². The molecular formula is C47H42Cl2N4O7. The van der Waals surface area contributed by atoms with Crippen molar-refractivity contribution in [1.29, 1.82) is 0 Å². The molecule has 306 valence electrons. The predicted octanol–water partition coefficient (Wildman–Crippen LogP) is 9.02. The fourth-order valence-corrected chi connectivity index (χ4v) is 7.64. The number of carbonyl (C=O) groups is 2. The van der Waals surface area contributed by atoms with Gasteiger partial charge >= 0.3 is 5.97 Å². The standard InChI is InChI=1S/C47H42Cl2N4O7/c1-28-29(2)50-18-16-42(28)59-37-11-6-30(7-12-37)20-40(47(55)56)52-46(54)41-21-33-22-43-44(23-34(33)24-53(41)25-35-5-3-4-17-51-35)60-45(27-58-43)32-9-13-36(14-10-32)57-26-31-8-15-38(48)39(49)19-31/h3-19,22-23,40-41,45H,20-21,24-27H2,1-2H3,(H,52,54)(H,55,56)/t40?,41-,45+/m0/s1. The van der Waals surface area contributed by atoms with Crippen LogP contribution in [-0.2, 0) is 42.1 Å². The molecule has 0 radical (unpaired) electrons. The van der Waals surface area contributed by atoms with Crippen molar-refractivity contribution in [3.8, 4) is 28.7 Å². The van der Waals surface area contributed by atoms with Crippen molar-refractivity contribution >= 4 is 35.1 Å². The van der Waals surface area contributed by atoms with Crippen LogP contribution in [-0.4, -0.2) is 50.5 Å². The Bertz CT molecular complexity index is 2500. The highest BCUT2D eigenvalue weighted by Crippen LogP contribution is 2.41. The first-order chi connectivity index (χ1) is 29.1. The minimum Gasteiger partial charge on any atom is -0.489 e. The van der Waals surface area contributed by atoms with Crippen molar-refractivity contribution in [1.82, 2.24) is 20.2 Å². The van der Waals surface area contributed by atoms with Gasteiger partial charge in [-0.3, -0.25) is 19.7 Å². The summed E-state index contributed by atoms with van der Waals surface area (Å²) in [5.41, 5.74) is 7.10. The Balaban J connectivity index is 0.948. The van der Waals surface area contributed by atoms with Crippen molar-refractivity contribution in [2.24, 2.45) is 0 Å². The van der Waals surface area contributed by atoms with Crippen LogP contribution in [0.2, 0.25) is 10.0 Å². The average Bonchev–Trinajstić information content (AvgIpc) is 3.25. The fraction of sp³-hybridized carbons (Fsp3) is 0.234. The summed E-state index contributed by atoms with van der Waals surface area (Å²) >= 11 is 12.2. The second-order valence-electron chi connectivity index (χ2n) is 14.9. The molecule has 13 heteroatoms. The summed E-state index contributed by atoms with van der Waals surface area (Å²) in [6, 6.07) is 29.9. The zero-order valence-electron chi connectivity index (χ0n) is 32.9. The lowest BCUT2D eigenvalue weighted by Gasteiger charge is -2.37. The number of carbonyl (C=O) groups excluding carboxylic acids is 1. The van der Waals surface area contributed by atoms with E-state index >= 15 is 0 Å². The number of nitrogens with zero attached hydrogens (tertiary/aromatic N) is 3. The van der Waals surface area contributed by atoms with Crippen LogP contribution >= 0.6 is 23.2 Å². The molecule has 1 unspecified atom stereocenters. The second-order valence-corrected chi connectivity index (χ2v) is 15.7. The first-order valence-corrected chi connectivity index (χ1v) is 20.3. The number of hydrogen-bond donors (Lipinski definition) is 2. The van der Waals surface area contributed by atoms with Gasteiger partial charge in [-0.05, 0) is 115 Å². The van der Waals surface area contributed by atoms with E-state index in [1.165, 1.54) is 0 Å². The molecule has 0 saturated carbocycles. The van der Waals surface area contributed by atoms with Crippen molar-refractivity contribution in [2.75, 3.05) is 6.61 Å². The molecule has 4 heterocycles. The van der Waals surface area contributed by atoms with Gasteiger partial charge in [0.25, 0.3) is 0 Å². The minimum atomic E-state index is -1.16. The Morgan fingerprint density at radius 3 is 2.38 bits per heavy atom. The third-order valence-electron chi connectivity index (χ3n) is 10.8. The predicted molar refractivity (Wildman–Crippen MR) is 227 cm³/mol. The topological polar surface area (TPSA) is 132 Å². The van der Waals surface area contributed by atoms with Gasteiger partial charge in [0.15, 0.2) is 17.6 Å². The van der Waals surface area contributed by atoms with Gasteiger partial charge < -0.3 is 29.4 Å². The van der Waals surface area contributed by atoms with E-state index in [-0.39, 0.29) is 18.4 Å². The molecular weight excluding hydrogens is 803 g/mol. The third kappa shape index (κ3) is 9.50. The van der Waals surface area contributed by atoms with Crippen molar-refractivity contribution in [3.05, 3.63) is 170 Å². The van der Waals surface area contributed by atoms with Crippen molar-refractivity contribution in [3.63, 3.8) is 0 Å². The monoisotopic (exact) mass is 844 g/mol. The number of carboxylic acids is 1. The second kappa shape index (κ2) is 18.0. The van der Waals surface area contributed by atoms with Crippen LogP contribution in [0.15, 0.2) is 116 Å². The van der Waals surface area contributed by atoms with Gasteiger partial charge in [-0.25, -0.2) is 4.79 Å². The maximum atomic E-state index is 14.1. The van der Waals surface area contributed by atoms with Crippen LogP contribution in [0.25, 0.3) is 0 Å². The summed E-state index contributed by atoms with van der Waals surface area (Å²) in [5.74, 6) is 1.70. The molecule has 0 aliphatic carbocycles. The summed E-state index contributed by atoms with van der Waals surface area (Å²) in [4.78, 5) is 37.5. The quantitative estimate of drug-likeness (QED) is 0.116. The number of rotatable bonds is 13. The zero-order valence-corrected chi connectivity index (χ0v) is 34.5. The highest BCUT2D eigenvalue weighted by atomic mass is 35.5. The number of aliphatic carboxylic acids is 1. The van der Waals surface area contributed by atoms with E-state index in [4.69, 9.17) is 42.1 Å². The Morgan fingerprint density at radius 1 is 0.867 bits per heavy atom. The molecule has 6 aromatic rings. The van der Waals surface area contributed by atoms with Gasteiger partial charge in [0.2, 0.25) is 5.91 Å². The van der Waals surface area contributed by atoms with E-state index in [1.807, 2.05) is 91.5 Å². The van der Waals surface area contributed by atoms with Crippen molar-refractivity contribution in [2.45, 2.75) is 64.6 Å². The Kier molecular flexibility index (Phi) is 12.2. The average molecular weight is 846 g/mol. The van der Waals surface area contributed by atoms with E-state index in [0.717, 1.165) is 44.8 Å². The van der Waals surface area contributed by atoms with Crippen LogP contribution in [0.5, 0.6) is 28.7 Å². The number of hydrogen-bond acceptors (Lipinski definition) is 9. The van der Waals surface area contributed by atoms with Crippen LogP contribution in [0.4, 0.5) is 0 Å². The van der Waals surface area contributed by atoms with E-state index in [1.54, 1.807) is 42.7 Å². The normalized spacial score (nSPS) is 16.3. The summed E-state index contributed by atoms with van der Waals surface area (Å²) < 4.78 is 24.8. The van der Waals surface area contributed by atoms with E-state index in [0.29, 0.717) is 71.5 Å². The Hall–Kier alpha value is -6.14. The molecule has 1 amide bonds. The number of ether oxygens (including phenoxy) is 4. The Labute approximate surface area is 357 Å². The highest BCUT2D eigenvalue weighted by molar-refractivity contribution is 6.42. The van der Waals surface area contributed by atoms with Gasteiger partial charge in [0, 0.05) is 43.2 Å². The maximum absolute atomic E-state index is 14.1. The lowest BCUT2D eigenvalue weighted by molar-refractivity contribution is -0.142. The van der Waals surface area contributed by atoms with Crippen molar-refractivity contribution < 1.29 is 33.6 Å². The number of fused-ring (bicyclic) bond motifs is 2. The highest BCUT2D eigenvalue weighted by Gasteiger charge is 2.36.